The van der Waals surface area contributed by atoms with E-state index in [1.54, 1.807) is 28.1 Å². The molecule has 112 valence electrons. The zero-order chi connectivity index (χ0) is 15.3. The zero-order valence-electron chi connectivity index (χ0n) is 12.6. The number of nitrogens with one attached hydrogen (secondary N) is 1. The third-order valence-corrected chi connectivity index (χ3v) is 2.93. The van der Waals surface area contributed by atoms with Crippen LogP contribution in [0.3, 0.4) is 0 Å². The van der Waals surface area contributed by atoms with E-state index in [0.29, 0.717) is 17.2 Å². The van der Waals surface area contributed by atoms with Crippen LogP contribution >= 0.6 is 0 Å². The molecule has 0 bridgehead atoms. The van der Waals surface area contributed by atoms with Gasteiger partial charge in [0.05, 0.1) is 19.6 Å². The second-order valence-electron chi connectivity index (χ2n) is 5.14. The molecule has 0 unspecified atom stereocenters. The lowest BCUT2D eigenvalue weighted by atomic mass is 9.94. The molecule has 0 aliphatic heterocycles. The van der Waals surface area contributed by atoms with E-state index < -0.39 is 5.41 Å². The van der Waals surface area contributed by atoms with Gasteiger partial charge in [0, 0.05) is 0 Å². The van der Waals surface area contributed by atoms with Gasteiger partial charge in [-0.05, 0) is 38.5 Å². The Morgan fingerprint density at radius 2 is 1.75 bits per heavy atom. The maximum absolute atomic E-state index is 11.6. The fourth-order valence-electron chi connectivity index (χ4n) is 1.67. The number of hydrogen-bond acceptors (Lipinski definition) is 5. The minimum absolute atomic E-state index is 0.145. The predicted octanol–water partition coefficient (Wildman–Crippen LogP) is 1.41. The average molecular weight is 282 g/mol. The van der Waals surface area contributed by atoms with Crippen molar-refractivity contribution in [3.05, 3.63) is 17.7 Å². The third kappa shape index (κ3) is 3.54. The maximum atomic E-state index is 11.6. The Bertz CT molecular complexity index is 461. The van der Waals surface area contributed by atoms with Crippen LogP contribution in [0.1, 0.15) is 19.4 Å². The van der Waals surface area contributed by atoms with Crippen molar-refractivity contribution in [2.75, 3.05) is 20.8 Å². The van der Waals surface area contributed by atoms with Crippen molar-refractivity contribution in [1.29, 1.82) is 0 Å². The number of ether oxygens (including phenoxy) is 3. The molecule has 1 rings (SSSR count). The number of benzene rings is 1. The number of carbonyl (C=O) groups is 1. The first-order chi connectivity index (χ1) is 9.35. The standard InChI is InChI=1S/C14H22N2O4/c1-9-6-10(18-4)12(11(7-9)19-5)20-8-14(2,3)13(17)16-15/h6-7H,8,15H2,1-5H3,(H,16,17). The van der Waals surface area contributed by atoms with Gasteiger partial charge in [0.1, 0.15) is 6.61 Å². The van der Waals surface area contributed by atoms with E-state index in [1.165, 1.54) is 0 Å². The number of amides is 1. The molecule has 0 saturated carbocycles. The van der Waals surface area contributed by atoms with Gasteiger partial charge < -0.3 is 14.2 Å². The van der Waals surface area contributed by atoms with E-state index in [0.717, 1.165) is 5.56 Å². The highest BCUT2D eigenvalue weighted by atomic mass is 16.5. The monoisotopic (exact) mass is 282 g/mol. The summed E-state index contributed by atoms with van der Waals surface area (Å²) in [7, 11) is 3.11. The summed E-state index contributed by atoms with van der Waals surface area (Å²) in [5.74, 6) is 6.44. The molecule has 6 nitrogen and oxygen atoms in total. The lowest BCUT2D eigenvalue weighted by Gasteiger charge is -2.24. The minimum atomic E-state index is -0.768. The first-order valence-corrected chi connectivity index (χ1v) is 6.22. The number of rotatable bonds is 6. The van der Waals surface area contributed by atoms with Crippen LogP contribution in [0.25, 0.3) is 0 Å². The Hall–Kier alpha value is -1.95. The van der Waals surface area contributed by atoms with E-state index in [-0.39, 0.29) is 12.5 Å². The van der Waals surface area contributed by atoms with Crippen LogP contribution in [0.4, 0.5) is 0 Å². The number of nitrogens with two attached hydrogens (primary N) is 1. The van der Waals surface area contributed by atoms with Crippen molar-refractivity contribution >= 4 is 5.91 Å². The molecule has 0 heterocycles. The highest BCUT2D eigenvalue weighted by Gasteiger charge is 2.29. The van der Waals surface area contributed by atoms with Gasteiger partial charge >= 0.3 is 0 Å². The van der Waals surface area contributed by atoms with Crippen molar-refractivity contribution in [2.45, 2.75) is 20.8 Å². The molecule has 1 aromatic rings. The fourth-order valence-corrected chi connectivity index (χ4v) is 1.67. The first kappa shape index (κ1) is 16.1. The summed E-state index contributed by atoms with van der Waals surface area (Å²) < 4.78 is 16.3. The number of aryl methyl sites for hydroxylation is 1. The molecule has 0 spiro atoms. The first-order valence-electron chi connectivity index (χ1n) is 6.22. The summed E-state index contributed by atoms with van der Waals surface area (Å²) in [6.07, 6.45) is 0. The largest absolute Gasteiger partial charge is 0.493 e. The predicted molar refractivity (Wildman–Crippen MR) is 75.9 cm³/mol. The van der Waals surface area contributed by atoms with E-state index in [1.807, 2.05) is 19.1 Å². The van der Waals surface area contributed by atoms with Crippen LogP contribution in [0.5, 0.6) is 17.2 Å². The molecule has 0 saturated heterocycles. The van der Waals surface area contributed by atoms with Gasteiger partial charge in [-0.2, -0.15) is 0 Å². The van der Waals surface area contributed by atoms with Gasteiger partial charge in [-0.25, -0.2) is 5.84 Å². The summed E-state index contributed by atoms with van der Waals surface area (Å²) in [5.41, 5.74) is 2.35. The molecule has 0 radical (unpaired) electrons. The molecular formula is C14H22N2O4. The van der Waals surface area contributed by atoms with Crippen molar-refractivity contribution in [3.8, 4) is 17.2 Å². The van der Waals surface area contributed by atoms with Crippen LogP contribution in [0, 0.1) is 12.3 Å². The molecule has 0 atom stereocenters. The van der Waals surface area contributed by atoms with E-state index in [2.05, 4.69) is 5.43 Å². The van der Waals surface area contributed by atoms with Crippen molar-refractivity contribution in [1.82, 2.24) is 5.43 Å². The van der Waals surface area contributed by atoms with Crippen molar-refractivity contribution < 1.29 is 19.0 Å². The molecule has 6 heteroatoms. The van der Waals surface area contributed by atoms with E-state index >= 15 is 0 Å². The Balaban J connectivity index is 3.00. The highest BCUT2D eigenvalue weighted by Crippen LogP contribution is 2.39. The summed E-state index contributed by atoms with van der Waals surface area (Å²) in [6.45, 7) is 5.55. The topological polar surface area (TPSA) is 82.8 Å². The normalized spacial score (nSPS) is 10.9. The number of hydrazine groups is 1. The number of methoxy groups -OCH3 is 2. The average Bonchev–Trinajstić information content (AvgIpc) is 2.43. The van der Waals surface area contributed by atoms with Gasteiger partial charge in [-0.1, -0.05) is 0 Å². The molecule has 0 fully saturated rings. The zero-order valence-corrected chi connectivity index (χ0v) is 12.6. The fraction of sp³-hybridized carbons (Fsp3) is 0.500. The van der Waals surface area contributed by atoms with E-state index in [4.69, 9.17) is 20.1 Å². The summed E-state index contributed by atoms with van der Waals surface area (Å²) in [6, 6.07) is 3.68. The lowest BCUT2D eigenvalue weighted by Crippen LogP contribution is -2.44. The Kier molecular flexibility index (Phi) is 5.21. The Morgan fingerprint density at radius 3 is 2.15 bits per heavy atom. The van der Waals surface area contributed by atoms with E-state index in [9.17, 15) is 4.79 Å². The minimum Gasteiger partial charge on any atom is -0.493 e. The Labute approximate surface area is 119 Å². The number of carbonyl (C=O) groups excluding carboxylic acids is 1. The molecule has 20 heavy (non-hydrogen) atoms. The van der Waals surface area contributed by atoms with Gasteiger partial charge in [0.2, 0.25) is 11.7 Å². The molecule has 1 amide bonds. The SMILES string of the molecule is COc1cc(C)cc(OC)c1OCC(C)(C)C(=O)NN. The smallest absolute Gasteiger partial charge is 0.242 e. The second-order valence-corrected chi connectivity index (χ2v) is 5.14. The van der Waals surface area contributed by atoms with Crippen molar-refractivity contribution in [3.63, 3.8) is 0 Å². The van der Waals surface area contributed by atoms with Crippen LogP contribution in [0.15, 0.2) is 12.1 Å². The van der Waals surface area contributed by atoms with Gasteiger partial charge in [0.25, 0.3) is 0 Å². The van der Waals surface area contributed by atoms with Crippen LogP contribution in [-0.2, 0) is 4.79 Å². The Morgan fingerprint density at radius 1 is 1.25 bits per heavy atom. The summed E-state index contributed by atoms with van der Waals surface area (Å²) in [4.78, 5) is 11.6. The van der Waals surface area contributed by atoms with Crippen LogP contribution in [-0.4, -0.2) is 26.7 Å². The summed E-state index contributed by atoms with van der Waals surface area (Å²) in [5, 5.41) is 0. The molecule has 0 aromatic heterocycles. The third-order valence-electron chi connectivity index (χ3n) is 2.93. The van der Waals surface area contributed by atoms with Gasteiger partial charge in [0.15, 0.2) is 11.5 Å². The van der Waals surface area contributed by atoms with Crippen molar-refractivity contribution in [2.24, 2.45) is 11.3 Å². The molecular weight excluding hydrogens is 260 g/mol. The second kappa shape index (κ2) is 6.47. The molecule has 3 N–H and O–H groups in total. The van der Waals surface area contributed by atoms with Crippen LogP contribution < -0.4 is 25.5 Å². The molecule has 0 aliphatic rings. The van der Waals surface area contributed by atoms with Crippen LogP contribution in [0.2, 0.25) is 0 Å². The van der Waals surface area contributed by atoms with Gasteiger partial charge in [-0.15, -0.1) is 0 Å². The summed E-state index contributed by atoms with van der Waals surface area (Å²) >= 11 is 0. The van der Waals surface area contributed by atoms with Gasteiger partial charge in [-0.3, -0.25) is 10.2 Å². The molecule has 0 aliphatic carbocycles. The quantitative estimate of drug-likeness (QED) is 0.468. The number of hydrogen-bond donors (Lipinski definition) is 2. The lowest BCUT2D eigenvalue weighted by molar-refractivity contribution is -0.130. The highest BCUT2D eigenvalue weighted by molar-refractivity contribution is 5.81. The molecule has 1 aromatic carbocycles. The maximum Gasteiger partial charge on any atom is 0.242 e.